The highest BCUT2D eigenvalue weighted by Crippen LogP contribution is 2.10. The highest BCUT2D eigenvalue weighted by atomic mass is 16.5. The smallest absolute Gasteiger partial charge is 0.221 e. The molecule has 1 heterocycles. The Morgan fingerprint density at radius 3 is 2.93 bits per heavy atom. The second-order valence-electron chi connectivity index (χ2n) is 3.93. The molecular formula is C10H20N2O3. The third kappa shape index (κ3) is 4.15. The van der Waals surface area contributed by atoms with Gasteiger partial charge in [0.15, 0.2) is 0 Å². The van der Waals surface area contributed by atoms with E-state index in [1.807, 2.05) is 6.92 Å². The van der Waals surface area contributed by atoms with Crippen molar-refractivity contribution in [3.63, 3.8) is 0 Å². The Labute approximate surface area is 90.4 Å². The van der Waals surface area contributed by atoms with Crippen LogP contribution in [0, 0.1) is 0 Å². The van der Waals surface area contributed by atoms with Crippen LogP contribution in [0.4, 0.5) is 0 Å². The van der Waals surface area contributed by atoms with Crippen molar-refractivity contribution >= 4 is 5.91 Å². The maximum absolute atomic E-state index is 11.1. The van der Waals surface area contributed by atoms with Gasteiger partial charge in [-0.3, -0.25) is 9.69 Å². The van der Waals surface area contributed by atoms with Gasteiger partial charge in [-0.1, -0.05) is 0 Å². The topological polar surface area (TPSA) is 61.8 Å². The number of nitrogens with zero attached hydrogens (tertiary/aromatic N) is 1. The fourth-order valence-electron chi connectivity index (χ4n) is 1.81. The molecule has 1 aliphatic heterocycles. The summed E-state index contributed by atoms with van der Waals surface area (Å²) < 4.78 is 5.51. The van der Waals surface area contributed by atoms with Crippen LogP contribution in [0.15, 0.2) is 0 Å². The van der Waals surface area contributed by atoms with Gasteiger partial charge in [0.25, 0.3) is 0 Å². The maximum Gasteiger partial charge on any atom is 0.221 e. The van der Waals surface area contributed by atoms with Gasteiger partial charge in [-0.2, -0.15) is 0 Å². The van der Waals surface area contributed by atoms with Crippen LogP contribution >= 0.6 is 0 Å². The number of carbonyl (C=O) groups is 1. The SMILES string of the molecule is CNC(=O)CCN1CC(C)OC(CO)C1. The van der Waals surface area contributed by atoms with Crippen LogP contribution in [0.3, 0.4) is 0 Å². The summed E-state index contributed by atoms with van der Waals surface area (Å²) in [5, 5.41) is 11.6. The van der Waals surface area contributed by atoms with Crippen molar-refractivity contribution in [2.45, 2.75) is 25.6 Å². The summed E-state index contributed by atoms with van der Waals surface area (Å²) in [6.45, 7) is 4.28. The van der Waals surface area contributed by atoms with E-state index in [0.717, 1.165) is 13.1 Å². The molecule has 1 rings (SSSR count). The average molecular weight is 216 g/mol. The minimum absolute atomic E-state index is 0.0425. The van der Waals surface area contributed by atoms with E-state index in [1.54, 1.807) is 7.05 Å². The number of aliphatic hydroxyl groups is 1. The van der Waals surface area contributed by atoms with Gasteiger partial charge < -0.3 is 15.2 Å². The van der Waals surface area contributed by atoms with E-state index >= 15 is 0 Å². The molecule has 1 aliphatic rings. The van der Waals surface area contributed by atoms with Crippen molar-refractivity contribution < 1.29 is 14.6 Å². The molecule has 0 aromatic rings. The first kappa shape index (κ1) is 12.4. The van der Waals surface area contributed by atoms with Gasteiger partial charge in [-0.05, 0) is 6.92 Å². The standard InChI is InChI=1S/C10H20N2O3/c1-8-5-12(4-3-10(14)11-2)6-9(7-13)15-8/h8-9,13H,3-7H2,1-2H3,(H,11,14). The average Bonchev–Trinajstić information content (AvgIpc) is 2.25. The fraction of sp³-hybridized carbons (Fsp3) is 0.900. The van der Waals surface area contributed by atoms with E-state index in [2.05, 4.69) is 10.2 Å². The maximum atomic E-state index is 11.1. The fourth-order valence-corrected chi connectivity index (χ4v) is 1.81. The van der Waals surface area contributed by atoms with Crippen molar-refractivity contribution in [2.75, 3.05) is 33.3 Å². The number of carbonyl (C=O) groups excluding carboxylic acids is 1. The van der Waals surface area contributed by atoms with Crippen LogP contribution in [0.5, 0.6) is 0 Å². The molecule has 0 radical (unpaired) electrons. The summed E-state index contributed by atoms with van der Waals surface area (Å²) in [4.78, 5) is 13.2. The summed E-state index contributed by atoms with van der Waals surface area (Å²) in [5.41, 5.74) is 0. The molecule has 2 unspecified atom stereocenters. The van der Waals surface area contributed by atoms with E-state index in [1.165, 1.54) is 0 Å². The molecule has 2 N–H and O–H groups in total. The highest BCUT2D eigenvalue weighted by Gasteiger charge is 2.24. The van der Waals surface area contributed by atoms with Gasteiger partial charge in [-0.15, -0.1) is 0 Å². The van der Waals surface area contributed by atoms with Gasteiger partial charge >= 0.3 is 0 Å². The monoisotopic (exact) mass is 216 g/mol. The number of morpholine rings is 1. The highest BCUT2D eigenvalue weighted by molar-refractivity contribution is 5.75. The molecule has 15 heavy (non-hydrogen) atoms. The number of hydrogen-bond donors (Lipinski definition) is 2. The zero-order chi connectivity index (χ0) is 11.3. The van der Waals surface area contributed by atoms with Gasteiger partial charge in [0.05, 0.1) is 18.8 Å². The molecule has 0 aliphatic carbocycles. The Morgan fingerprint density at radius 1 is 1.60 bits per heavy atom. The van der Waals surface area contributed by atoms with Crippen LogP contribution in [0.1, 0.15) is 13.3 Å². The summed E-state index contributed by atoms with van der Waals surface area (Å²) in [5.74, 6) is 0.0506. The molecular weight excluding hydrogens is 196 g/mol. The van der Waals surface area contributed by atoms with Crippen molar-refractivity contribution in [1.29, 1.82) is 0 Å². The van der Waals surface area contributed by atoms with E-state index in [-0.39, 0.29) is 24.7 Å². The molecule has 88 valence electrons. The van der Waals surface area contributed by atoms with Crippen LogP contribution in [0.25, 0.3) is 0 Å². The second-order valence-corrected chi connectivity index (χ2v) is 3.93. The Hall–Kier alpha value is -0.650. The number of nitrogens with one attached hydrogen (secondary N) is 1. The summed E-state index contributed by atoms with van der Waals surface area (Å²) in [6, 6.07) is 0. The van der Waals surface area contributed by atoms with Gasteiger partial charge in [0.1, 0.15) is 0 Å². The first-order chi connectivity index (χ1) is 7.15. The Morgan fingerprint density at radius 2 is 2.33 bits per heavy atom. The molecule has 0 bridgehead atoms. The normalized spacial score (nSPS) is 27.7. The van der Waals surface area contributed by atoms with Gasteiger partial charge in [0.2, 0.25) is 5.91 Å². The minimum atomic E-state index is -0.113. The lowest BCUT2D eigenvalue weighted by atomic mass is 10.2. The molecule has 0 aromatic heterocycles. The van der Waals surface area contributed by atoms with Gasteiger partial charge in [0, 0.05) is 33.1 Å². The van der Waals surface area contributed by atoms with E-state index in [9.17, 15) is 4.79 Å². The molecule has 5 nitrogen and oxygen atoms in total. The van der Waals surface area contributed by atoms with E-state index in [0.29, 0.717) is 13.0 Å². The first-order valence-electron chi connectivity index (χ1n) is 5.35. The largest absolute Gasteiger partial charge is 0.394 e. The lowest BCUT2D eigenvalue weighted by Gasteiger charge is -2.35. The number of aliphatic hydroxyl groups excluding tert-OH is 1. The molecule has 0 saturated carbocycles. The van der Waals surface area contributed by atoms with Crippen LogP contribution in [0.2, 0.25) is 0 Å². The molecule has 1 fully saturated rings. The summed E-state index contributed by atoms with van der Waals surface area (Å²) in [7, 11) is 1.64. The van der Waals surface area contributed by atoms with Crippen LogP contribution in [-0.2, 0) is 9.53 Å². The summed E-state index contributed by atoms with van der Waals surface area (Å²) in [6.07, 6.45) is 0.514. The lowest BCUT2D eigenvalue weighted by Crippen LogP contribution is -2.48. The number of ether oxygens (including phenoxy) is 1. The van der Waals surface area contributed by atoms with E-state index < -0.39 is 0 Å². The van der Waals surface area contributed by atoms with E-state index in [4.69, 9.17) is 9.84 Å². The second kappa shape index (κ2) is 6.05. The van der Waals surface area contributed by atoms with Crippen LogP contribution < -0.4 is 5.32 Å². The molecule has 1 amide bonds. The van der Waals surface area contributed by atoms with Crippen molar-refractivity contribution in [3.05, 3.63) is 0 Å². The Kier molecular flexibility index (Phi) is 5.01. The quantitative estimate of drug-likeness (QED) is 0.646. The lowest BCUT2D eigenvalue weighted by molar-refractivity contribution is -0.122. The number of rotatable bonds is 4. The van der Waals surface area contributed by atoms with Crippen molar-refractivity contribution in [3.8, 4) is 0 Å². The molecule has 0 spiro atoms. The Bertz CT molecular complexity index is 211. The molecule has 5 heteroatoms. The Balaban J connectivity index is 2.31. The predicted octanol–water partition coefficient (Wildman–Crippen LogP) is -0.796. The number of amides is 1. The van der Waals surface area contributed by atoms with Crippen LogP contribution in [-0.4, -0.2) is 61.4 Å². The van der Waals surface area contributed by atoms with Crippen molar-refractivity contribution in [1.82, 2.24) is 10.2 Å². The first-order valence-corrected chi connectivity index (χ1v) is 5.35. The summed E-state index contributed by atoms with van der Waals surface area (Å²) >= 11 is 0. The van der Waals surface area contributed by atoms with Gasteiger partial charge in [-0.25, -0.2) is 0 Å². The molecule has 1 saturated heterocycles. The van der Waals surface area contributed by atoms with Crippen molar-refractivity contribution in [2.24, 2.45) is 0 Å². The minimum Gasteiger partial charge on any atom is -0.394 e. The number of hydrogen-bond acceptors (Lipinski definition) is 4. The molecule has 0 aromatic carbocycles. The molecule has 2 atom stereocenters. The third-order valence-electron chi connectivity index (χ3n) is 2.54. The third-order valence-corrected chi connectivity index (χ3v) is 2.54. The predicted molar refractivity (Wildman–Crippen MR) is 56.5 cm³/mol. The zero-order valence-electron chi connectivity index (χ0n) is 9.40. The zero-order valence-corrected chi connectivity index (χ0v) is 9.40.